The standard InChI is InChI=1S/C7H6BrNS/c8-7-5-3-1-2-4-6(5)10-9-7/h1-4,7,9H. The van der Waals surface area contributed by atoms with Crippen LogP contribution < -0.4 is 4.72 Å². The van der Waals surface area contributed by atoms with E-state index in [2.05, 4.69) is 44.9 Å². The molecule has 0 amide bonds. The number of halogens is 1. The van der Waals surface area contributed by atoms with Crippen LogP contribution in [-0.2, 0) is 0 Å². The van der Waals surface area contributed by atoms with Crippen LogP contribution in [0.4, 0.5) is 0 Å². The summed E-state index contributed by atoms with van der Waals surface area (Å²) in [5.41, 5.74) is 1.34. The van der Waals surface area contributed by atoms with Gasteiger partial charge in [0, 0.05) is 4.90 Å². The highest BCUT2D eigenvalue weighted by Crippen LogP contribution is 2.37. The number of rotatable bonds is 0. The minimum absolute atomic E-state index is 0.327. The number of hydrogen-bond donors (Lipinski definition) is 1. The smallest absolute Gasteiger partial charge is 0.0990 e. The summed E-state index contributed by atoms with van der Waals surface area (Å²) < 4.78 is 3.22. The Labute approximate surface area is 72.5 Å². The molecule has 0 aliphatic carbocycles. The van der Waals surface area contributed by atoms with Crippen LogP contribution in [0.15, 0.2) is 29.2 Å². The van der Waals surface area contributed by atoms with Crippen LogP contribution in [0.1, 0.15) is 10.5 Å². The van der Waals surface area contributed by atoms with Gasteiger partial charge >= 0.3 is 0 Å². The van der Waals surface area contributed by atoms with E-state index in [-0.39, 0.29) is 0 Å². The minimum Gasteiger partial charge on any atom is -0.242 e. The van der Waals surface area contributed by atoms with Gasteiger partial charge < -0.3 is 0 Å². The van der Waals surface area contributed by atoms with Crippen LogP contribution in [0, 0.1) is 0 Å². The molecule has 0 radical (unpaired) electrons. The van der Waals surface area contributed by atoms with Crippen LogP contribution in [0.3, 0.4) is 0 Å². The van der Waals surface area contributed by atoms with Gasteiger partial charge in [0.1, 0.15) is 0 Å². The Kier molecular flexibility index (Phi) is 1.72. The fraction of sp³-hybridized carbons (Fsp3) is 0.143. The first-order valence-electron chi connectivity index (χ1n) is 3.03. The molecule has 3 heteroatoms. The van der Waals surface area contributed by atoms with Crippen LogP contribution >= 0.6 is 27.9 Å². The molecule has 1 heterocycles. The maximum Gasteiger partial charge on any atom is 0.0990 e. The lowest BCUT2D eigenvalue weighted by molar-refractivity contribution is 0.981. The zero-order chi connectivity index (χ0) is 6.97. The van der Waals surface area contributed by atoms with Crippen LogP contribution in [0.2, 0.25) is 0 Å². The SMILES string of the molecule is BrC1NSc2ccccc21. The Morgan fingerprint density at radius 1 is 1.40 bits per heavy atom. The Bertz CT molecular complexity index is 251. The van der Waals surface area contributed by atoms with Gasteiger partial charge in [-0.2, -0.15) is 0 Å². The molecule has 52 valence electrons. The molecule has 1 aromatic carbocycles. The average molecular weight is 216 g/mol. The third-order valence-electron chi connectivity index (χ3n) is 1.46. The number of benzene rings is 1. The minimum atomic E-state index is 0.327. The second-order valence-electron chi connectivity index (χ2n) is 2.12. The third-order valence-corrected chi connectivity index (χ3v) is 3.43. The van der Waals surface area contributed by atoms with Gasteiger partial charge in [0.05, 0.1) is 4.95 Å². The highest BCUT2D eigenvalue weighted by Gasteiger charge is 2.18. The summed E-state index contributed by atoms with van der Waals surface area (Å²) in [5.74, 6) is 0. The Morgan fingerprint density at radius 2 is 2.20 bits per heavy atom. The van der Waals surface area contributed by atoms with Crippen molar-refractivity contribution in [3.63, 3.8) is 0 Å². The van der Waals surface area contributed by atoms with E-state index in [0.29, 0.717) is 4.95 Å². The van der Waals surface area contributed by atoms with Crippen LogP contribution in [0.5, 0.6) is 0 Å². The van der Waals surface area contributed by atoms with Crippen molar-refractivity contribution in [2.24, 2.45) is 0 Å². The maximum atomic E-state index is 3.51. The Balaban J connectivity index is 2.51. The van der Waals surface area contributed by atoms with E-state index in [1.54, 1.807) is 11.9 Å². The summed E-state index contributed by atoms with van der Waals surface area (Å²) in [6.45, 7) is 0. The molecule has 0 saturated carbocycles. The molecule has 0 aromatic heterocycles. The fourth-order valence-corrected chi connectivity index (χ4v) is 2.60. The second kappa shape index (κ2) is 2.57. The van der Waals surface area contributed by atoms with E-state index in [4.69, 9.17) is 0 Å². The van der Waals surface area contributed by atoms with E-state index in [9.17, 15) is 0 Å². The maximum absolute atomic E-state index is 3.51. The van der Waals surface area contributed by atoms with E-state index in [1.165, 1.54) is 10.5 Å². The molecule has 1 aliphatic heterocycles. The molecule has 1 nitrogen and oxygen atoms in total. The van der Waals surface area contributed by atoms with Gasteiger partial charge in [0.2, 0.25) is 0 Å². The van der Waals surface area contributed by atoms with Crippen molar-refractivity contribution in [3.05, 3.63) is 29.8 Å². The molecule has 1 N–H and O–H groups in total. The molecule has 1 aliphatic rings. The lowest BCUT2D eigenvalue weighted by atomic mass is 10.2. The molecule has 10 heavy (non-hydrogen) atoms. The summed E-state index contributed by atoms with van der Waals surface area (Å²) in [4.78, 5) is 1.65. The largest absolute Gasteiger partial charge is 0.242 e. The Morgan fingerprint density at radius 3 is 3.00 bits per heavy atom. The van der Waals surface area contributed by atoms with Gasteiger partial charge in [-0.05, 0) is 23.6 Å². The van der Waals surface area contributed by atoms with Gasteiger partial charge in [-0.25, -0.2) is 4.72 Å². The van der Waals surface area contributed by atoms with Crippen molar-refractivity contribution in [3.8, 4) is 0 Å². The zero-order valence-electron chi connectivity index (χ0n) is 5.17. The molecule has 1 unspecified atom stereocenters. The van der Waals surface area contributed by atoms with Crippen molar-refractivity contribution < 1.29 is 0 Å². The summed E-state index contributed by atoms with van der Waals surface area (Å²) in [6, 6.07) is 8.36. The first-order valence-corrected chi connectivity index (χ1v) is 4.76. The van der Waals surface area contributed by atoms with E-state index < -0.39 is 0 Å². The average Bonchev–Trinajstić information content (AvgIpc) is 2.34. The van der Waals surface area contributed by atoms with Gasteiger partial charge in [-0.3, -0.25) is 0 Å². The van der Waals surface area contributed by atoms with Crippen molar-refractivity contribution in [1.82, 2.24) is 4.72 Å². The van der Waals surface area contributed by atoms with Crippen molar-refractivity contribution in [1.29, 1.82) is 0 Å². The molecular formula is C7H6BrNS. The van der Waals surface area contributed by atoms with Crippen LogP contribution in [-0.4, -0.2) is 0 Å². The number of nitrogens with one attached hydrogen (secondary N) is 1. The van der Waals surface area contributed by atoms with Crippen molar-refractivity contribution in [2.45, 2.75) is 9.85 Å². The summed E-state index contributed by atoms with van der Waals surface area (Å²) in [6.07, 6.45) is 0. The van der Waals surface area contributed by atoms with Gasteiger partial charge in [0.15, 0.2) is 0 Å². The fourth-order valence-electron chi connectivity index (χ4n) is 0.962. The summed E-state index contributed by atoms with van der Waals surface area (Å²) >= 11 is 5.18. The molecule has 1 aromatic rings. The predicted octanol–water partition coefficient (Wildman–Crippen LogP) is 2.69. The highest BCUT2D eigenvalue weighted by atomic mass is 79.9. The second-order valence-corrected chi connectivity index (χ2v) is 3.92. The van der Waals surface area contributed by atoms with Gasteiger partial charge in [-0.1, -0.05) is 34.1 Å². The van der Waals surface area contributed by atoms with Crippen LogP contribution in [0.25, 0.3) is 0 Å². The van der Waals surface area contributed by atoms with Crippen molar-refractivity contribution >= 4 is 27.9 Å². The normalized spacial score (nSPS) is 22.7. The zero-order valence-corrected chi connectivity index (χ0v) is 7.58. The summed E-state index contributed by atoms with van der Waals surface area (Å²) in [7, 11) is 0. The molecule has 1 atom stereocenters. The lowest BCUT2D eigenvalue weighted by Crippen LogP contribution is -1.97. The van der Waals surface area contributed by atoms with Gasteiger partial charge in [-0.15, -0.1) is 0 Å². The highest BCUT2D eigenvalue weighted by molar-refractivity contribution is 9.09. The monoisotopic (exact) mass is 215 g/mol. The number of alkyl halides is 1. The number of fused-ring (bicyclic) bond motifs is 1. The molecular weight excluding hydrogens is 210 g/mol. The molecule has 0 fully saturated rings. The molecule has 0 saturated heterocycles. The quantitative estimate of drug-likeness (QED) is 0.406. The topological polar surface area (TPSA) is 12.0 Å². The van der Waals surface area contributed by atoms with E-state index in [1.807, 2.05) is 0 Å². The van der Waals surface area contributed by atoms with Crippen molar-refractivity contribution in [2.75, 3.05) is 0 Å². The Hall–Kier alpha value is 0.0100. The van der Waals surface area contributed by atoms with E-state index >= 15 is 0 Å². The first-order chi connectivity index (χ1) is 4.88. The summed E-state index contributed by atoms with van der Waals surface area (Å²) in [5, 5.41) is 0. The first kappa shape index (κ1) is 6.70. The molecule has 0 bridgehead atoms. The molecule has 2 rings (SSSR count). The van der Waals surface area contributed by atoms with Gasteiger partial charge in [0.25, 0.3) is 0 Å². The predicted molar refractivity (Wildman–Crippen MR) is 47.1 cm³/mol. The van der Waals surface area contributed by atoms with E-state index in [0.717, 1.165) is 0 Å². The lowest BCUT2D eigenvalue weighted by Gasteiger charge is -1.97. The third kappa shape index (κ3) is 0.983. The molecule has 0 spiro atoms. The number of hydrogen-bond acceptors (Lipinski definition) is 2.